The first-order valence-corrected chi connectivity index (χ1v) is 5.16. The van der Waals surface area contributed by atoms with Crippen molar-refractivity contribution in [2.75, 3.05) is 5.73 Å². The van der Waals surface area contributed by atoms with Crippen LogP contribution in [0.25, 0.3) is 0 Å². The summed E-state index contributed by atoms with van der Waals surface area (Å²) in [6, 6.07) is 8.76. The molecule has 2 heteroatoms. The Morgan fingerprint density at radius 1 is 1.36 bits per heavy atom. The highest BCUT2D eigenvalue weighted by atomic mass is 15.0. The van der Waals surface area contributed by atoms with Gasteiger partial charge in [-0.25, -0.2) is 0 Å². The Morgan fingerprint density at radius 3 is 2.43 bits per heavy atom. The molecule has 1 atom stereocenters. The third-order valence-corrected chi connectivity index (χ3v) is 3.05. The van der Waals surface area contributed by atoms with Gasteiger partial charge in [-0.05, 0) is 29.5 Å². The number of nitrogens with one attached hydrogen (secondary N) is 1. The standard InChI is InChI=1S/C12H18N2/c1-12(2)7-11(12)14-8-9-3-5-10(13)6-4-9/h3-6,11,14H,7-8,13H2,1-2H3. The van der Waals surface area contributed by atoms with Crippen LogP contribution in [0.3, 0.4) is 0 Å². The Labute approximate surface area is 85.5 Å². The minimum Gasteiger partial charge on any atom is -0.399 e. The zero-order valence-corrected chi connectivity index (χ0v) is 8.88. The normalized spacial score (nSPS) is 23.4. The van der Waals surface area contributed by atoms with Crippen LogP contribution < -0.4 is 11.1 Å². The fourth-order valence-corrected chi connectivity index (χ4v) is 1.69. The molecular formula is C12H18N2. The average molecular weight is 190 g/mol. The van der Waals surface area contributed by atoms with Gasteiger partial charge in [-0.2, -0.15) is 0 Å². The van der Waals surface area contributed by atoms with E-state index in [9.17, 15) is 0 Å². The highest BCUT2D eigenvalue weighted by Gasteiger charge is 2.44. The van der Waals surface area contributed by atoms with Gasteiger partial charge in [0.15, 0.2) is 0 Å². The summed E-state index contributed by atoms with van der Waals surface area (Å²) < 4.78 is 0. The molecule has 0 saturated heterocycles. The SMILES string of the molecule is CC1(C)CC1NCc1ccc(N)cc1. The van der Waals surface area contributed by atoms with E-state index >= 15 is 0 Å². The summed E-state index contributed by atoms with van der Waals surface area (Å²) in [4.78, 5) is 0. The maximum atomic E-state index is 5.62. The number of hydrogen-bond acceptors (Lipinski definition) is 2. The molecule has 0 radical (unpaired) electrons. The summed E-state index contributed by atoms with van der Waals surface area (Å²) in [7, 11) is 0. The van der Waals surface area contributed by atoms with Crippen molar-refractivity contribution in [1.29, 1.82) is 0 Å². The lowest BCUT2D eigenvalue weighted by molar-refractivity contribution is 0.542. The Balaban J connectivity index is 1.84. The molecule has 1 unspecified atom stereocenters. The van der Waals surface area contributed by atoms with Gasteiger partial charge >= 0.3 is 0 Å². The second-order valence-corrected chi connectivity index (χ2v) is 4.87. The lowest BCUT2D eigenvalue weighted by Crippen LogP contribution is -2.19. The minimum absolute atomic E-state index is 0.508. The number of nitrogen functional groups attached to an aromatic ring is 1. The largest absolute Gasteiger partial charge is 0.399 e. The van der Waals surface area contributed by atoms with E-state index in [-0.39, 0.29) is 0 Å². The van der Waals surface area contributed by atoms with Crippen LogP contribution in [-0.2, 0) is 6.54 Å². The monoisotopic (exact) mass is 190 g/mol. The van der Waals surface area contributed by atoms with E-state index < -0.39 is 0 Å². The van der Waals surface area contributed by atoms with E-state index in [2.05, 4.69) is 31.3 Å². The highest BCUT2D eigenvalue weighted by molar-refractivity contribution is 5.39. The van der Waals surface area contributed by atoms with Gasteiger partial charge in [0.1, 0.15) is 0 Å². The molecule has 76 valence electrons. The Kier molecular flexibility index (Phi) is 2.23. The molecule has 0 amide bonds. The molecule has 1 saturated carbocycles. The predicted octanol–water partition coefficient (Wildman–Crippen LogP) is 2.16. The summed E-state index contributed by atoms with van der Waals surface area (Å²) in [5, 5.41) is 3.54. The number of hydrogen-bond donors (Lipinski definition) is 2. The first-order valence-electron chi connectivity index (χ1n) is 5.16. The number of rotatable bonds is 3. The molecule has 14 heavy (non-hydrogen) atoms. The van der Waals surface area contributed by atoms with Crippen LogP contribution in [-0.4, -0.2) is 6.04 Å². The van der Waals surface area contributed by atoms with Crippen LogP contribution in [0, 0.1) is 5.41 Å². The Morgan fingerprint density at radius 2 is 1.93 bits per heavy atom. The van der Waals surface area contributed by atoms with Crippen LogP contribution in [0.2, 0.25) is 0 Å². The molecule has 1 aliphatic rings. The summed E-state index contributed by atoms with van der Waals surface area (Å²) in [5.74, 6) is 0. The van der Waals surface area contributed by atoms with Crippen LogP contribution in [0.5, 0.6) is 0 Å². The predicted molar refractivity (Wildman–Crippen MR) is 59.9 cm³/mol. The van der Waals surface area contributed by atoms with Gasteiger partial charge < -0.3 is 11.1 Å². The van der Waals surface area contributed by atoms with Crippen LogP contribution in [0.15, 0.2) is 24.3 Å². The average Bonchev–Trinajstić information content (AvgIpc) is 2.73. The summed E-state index contributed by atoms with van der Waals surface area (Å²) in [6.07, 6.45) is 1.29. The molecule has 1 aromatic carbocycles. The van der Waals surface area contributed by atoms with Crippen LogP contribution >= 0.6 is 0 Å². The van der Waals surface area contributed by atoms with Crippen molar-refractivity contribution in [3.63, 3.8) is 0 Å². The van der Waals surface area contributed by atoms with E-state index in [4.69, 9.17) is 5.73 Å². The summed E-state index contributed by atoms with van der Waals surface area (Å²) in [5.41, 5.74) is 8.27. The van der Waals surface area contributed by atoms with Crippen LogP contribution in [0.4, 0.5) is 5.69 Å². The van der Waals surface area contributed by atoms with Crippen molar-refractivity contribution >= 4 is 5.69 Å². The molecule has 3 N–H and O–H groups in total. The second kappa shape index (κ2) is 3.28. The van der Waals surface area contributed by atoms with Crippen molar-refractivity contribution < 1.29 is 0 Å². The summed E-state index contributed by atoms with van der Waals surface area (Å²) >= 11 is 0. The Hall–Kier alpha value is -1.02. The van der Waals surface area contributed by atoms with E-state index in [1.807, 2.05) is 12.1 Å². The minimum atomic E-state index is 0.508. The molecule has 0 aliphatic heterocycles. The smallest absolute Gasteiger partial charge is 0.0314 e. The molecule has 1 aliphatic carbocycles. The quantitative estimate of drug-likeness (QED) is 0.717. The van der Waals surface area contributed by atoms with Gasteiger partial charge in [0.05, 0.1) is 0 Å². The second-order valence-electron chi connectivity index (χ2n) is 4.87. The van der Waals surface area contributed by atoms with Gasteiger partial charge in [-0.3, -0.25) is 0 Å². The third-order valence-electron chi connectivity index (χ3n) is 3.05. The molecular weight excluding hydrogens is 172 g/mol. The molecule has 2 rings (SSSR count). The number of nitrogens with two attached hydrogens (primary N) is 1. The van der Waals surface area contributed by atoms with Gasteiger partial charge in [0.25, 0.3) is 0 Å². The first-order chi connectivity index (χ1) is 6.58. The lowest BCUT2D eigenvalue weighted by atomic mass is 10.1. The number of anilines is 1. The van der Waals surface area contributed by atoms with Crippen molar-refractivity contribution in [1.82, 2.24) is 5.32 Å². The highest BCUT2D eigenvalue weighted by Crippen LogP contribution is 2.44. The van der Waals surface area contributed by atoms with Crippen molar-refractivity contribution in [3.05, 3.63) is 29.8 Å². The molecule has 1 fully saturated rings. The van der Waals surface area contributed by atoms with E-state index in [0.717, 1.165) is 12.2 Å². The molecule has 0 bridgehead atoms. The lowest BCUT2D eigenvalue weighted by Gasteiger charge is -2.06. The van der Waals surface area contributed by atoms with Crippen molar-refractivity contribution in [2.45, 2.75) is 32.9 Å². The molecule has 0 heterocycles. The topological polar surface area (TPSA) is 38.0 Å². The van der Waals surface area contributed by atoms with Gasteiger partial charge in [0, 0.05) is 18.3 Å². The van der Waals surface area contributed by atoms with Crippen molar-refractivity contribution in [3.8, 4) is 0 Å². The molecule has 2 nitrogen and oxygen atoms in total. The van der Waals surface area contributed by atoms with E-state index in [1.165, 1.54) is 12.0 Å². The van der Waals surface area contributed by atoms with Crippen LogP contribution in [0.1, 0.15) is 25.8 Å². The maximum absolute atomic E-state index is 5.62. The zero-order valence-electron chi connectivity index (χ0n) is 8.88. The van der Waals surface area contributed by atoms with Gasteiger partial charge in [-0.15, -0.1) is 0 Å². The van der Waals surface area contributed by atoms with Gasteiger partial charge in [-0.1, -0.05) is 26.0 Å². The first kappa shape index (κ1) is 9.53. The number of benzene rings is 1. The molecule has 1 aromatic rings. The van der Waals surface area contributed by atoms with E-state index in [1.54, 1.807) is 0 Å². The van der Waals surface area contributed by atoms with Gasteiger partial charge in [0.2, 0.25) is 0 Å². The van der Waals surface area contributed by atoms with Crippen molar-refractivity contribution in [2.24, 2.45) is 5.41 Å². The molecule has 0 spiro atoms. The Bertz CT molecular complexity index is 314. The fourth-order valence-electron chi connectivity index (χ4n) is 1.69. The zero-order chi connectivity index (χ0) is 10.2. The molecule has 0 aromatic heterocycles. The third kappa shape index (κ3) is 2.07. The summed E-state index contributed by atoms with van der Waals surface area (Å²) in [6.45, 7) is 5.55. The van der Waals surface area contributed by atoms with E-state index in [0.29, 0.717) is 11.5 Å². The fraction of sp³-hybridized carbons (Fsp3) is 0.500. The maximum Gasteiger partial charge on any atom is 0.0314 e.